The van der Waals surface area contributed by atoms with E-state index in [1.165, 1.54) is 50.3 Å². The number of aromatic hydroxyl groups is 1. The van der Waals surface area contributed by atoms with Crippen molar-refractivity contribution >= 4 is 10.1 Å². The van der Waals surface area contributed by atoms with Gasteiger partial charge in [-0.3, -0.25) is 4.55 Å². The maximum Gasteiger partial charge on any atom is 0.298 e. The minimum Gasteiger partial charge on any atom is -0.504 e. The molecule has 2 N–H and O–H groups in total. The number of rotatable bonds is 11. The van der Waals surface area contributed by atoms with Crippen molar-refractivity contribution < 1.29 is 22.8 Å². The lowest BCUT2D eigenvalue weighted by Gasteiger charge is -2.12. The molecule has 2 aromatic rings. The summed E-state index contributed by atoms with van der Waals surface area (Å²) in [6.45, 7) is 2.21. The Labute approximate surface area is 161 Å². The number of aryl methyl sites for hydroxylation is 1. The number of ether oxygens (including phenoxy) is 1. The Hall–Kier alpha value is -2.05. The fourth-order valence-corrected chi connectivity index (χ4v) is 3.56. The zero-order chi connectivity index (χ0) is 19.7. The summed E-state index contributed by atoms with van der Waals surface area (Å²) in [7, 11) is -4.41. The maximum atomic E-state index is 11.5. The molecule has 0 heterocycles. The minimum absolute atomic E-state index is 0.0247. The van der Waals surface area contributed by atoms with E-state index in [4.69, 9.17) is 4.74 Å². The summed E-state index contributed by atoms with van der Waals surface area (Å²) in [4.78, 5) is -0.332. The van der Waals surface area contributed by atoms with Gasteiger partial charge in [-0.05, 0) is 42.7 Å². The molecule has 5 nitrogen and oxygen atoms in total. The summed E-state index contributed by atoms with van der Waals surface area (Å²) < 4.78 is 37.9. The number of hydrogen-bond acceptors (Lipinski definition) is 4. The average molecular weight is 393 g/mol. The summed E-state index contributed by atoms with van der Waals surface area (Å²) in [5.74, 6) is 0.0679. The Morgan fingerprint density at radius 1 is 0.889 bits per heavy atom. The van der Waals surface area contributed by atoms with Crippen LogP contribution in [-0.4, -0.2) is 18.1 Å². The summed E-state index contributed by atoms with van der Waals surface area (Å²) >= 11 is 0. The predicted molar refractivity (Wildman–Crippen MR) is 106 cm³/mol. The molecule has 0 saturated carbocycles. The van der Waals surface area contributed by atoms with Crippen molar-refractivity contribution in [3.63, 3.8) is 0 Å². The van der Waals surface area contributed by atoms with E-state index in [1.807, 2.05) is 6.07 Å². The fraction of sp³-hybridized carbons (Fsp3) is 0.429. The van der Waals surface area contributed by atoms with E-state index >= 15 is 0 Å². The third-order valence-electron chi connectivity index (χ3n) is 4.44. The van der Waals surface area contributed by atoms with Gasteiger partial charge in [-0.15, -0.1) is 0 Å². The van der Waals surface area contributed by atoms with Crippen molar-refractivity contribution in [1.29, 1.82) is 0 Å². The Morgan fingerprint density at radius 2 is 1.56 bits per heavy atom. The van der Waals surface area contributed by atoms with E-state index in [1.54, 1.807) is 18.2 Å². The molecule has 0 aliphatic heterocycles. The predicted octanol–water partition coefficient (Wildman–Crippen LogP) is 5.72. The highest BCUT2D eigenvalue weighted by atomic mass is 32.2. The van der Waals surface area contributed by atoms with Gasteiger partial charge in [0.2, 0.25) is 0 Å². The van der Waals surface area contributed by atoms with Crippen LogP contribution in [0.2, 0.25) is 0 Å². The van der Waals surface area contributed by atoms with Gasteiger partial charge in [0.1, 0.15) is 10.6 Å². The molecule has 0 fully saturated rings. The van der Waals surface area contributed by atoms with E-state index in [0.29, 0.717) is 0 Å². The van der Waals surface area contributed by atoms with Gasteiger partial charge in [-0.25, -0.2) is 0 Å². The molecule has 0 saturated heterocycles. The molecule has 0 atom stereocenters. The van der Waals surface area contributed by atoms with Crippen LogP contribution in [0.25, 0.3) is 0 Å². The number of unbranched alkanes of at least 4 members (excludes halogenated alkanes) is 6. The second-order valence-electron chi connectivity index (χ2n) is 6.70. The molecule has 0 radical (unpaired) electrons. The molecule has 0 amide bonds. The largest absolute Gasteiger partial charge is 0.504 e. The summed E-state index contributed by atoms with van der Waals surface area (Å²) in [6, 6.07) is 10.9. The number of benzene rings is 2. The molecule has 0 aliphatic carbocycles. The quantitative estimate of drug-likeness (QED) is 0.377. The zero-order valence-corrected chi connectivity index (χ0v) is 16.5. The van der Waals surface area contributed by atoms with Crippen LogP contribution >= 0.6 is 0 Å². The highest BCUT2D eigenvalue weighted by Crippen LogP contribution is 2.35. The van der Waals surface area contributed by atoms with Gasteiger partial charge >= 0.3 is 0 Å². The fourth-order valence-electron chi connectivity index (χ4n) is 2.95. The van der Waals surface area contributed by atoms with Crippen LogP contribution in [0, 0.1) is 0 Å². The van der Waals surface area contributed by atoms with Gasteiger partial charge < -0.3 is 9.84 Å². The first-order valence-electron chi connectivity index (χ1n) is 9.48. The molecule has 27 heavy (non-hydrogen) atoms. The Morgan fingerprint density at radius 3 is 2.26 bits per heavy atom. The molecule has 0 spiro atoms. The van der Waals surface area contributed by atoms with Crippen LogP contribution in [0.5, 0.6) is 17.2 Å². The van der Waals surface area contributed by atoms with Crippen LogP contribution in [0.3, 0.4) is 0 Å². The minimum atomic E-state index is -4.41. The van der Waals surface area contributed by atoms with Crippen molar-refractivity contribution in [3.05, 3.63) is 48.0 Å². The van der Waals surface area contributed by atoms with Gasteiger partial charge in [0.15, 0.2) is 11.5 Å². The standard InChI is InChI=1S/C21H28O5S/c1-2-3-4-5-6-7-8-11-17-14-15-18(22)20(16-17)26-19-12-9-10-13-21(19)27(23,24)25/h9-10,12-16,22H,2-8,11H2,1H3,(H,23,24,25). The highest BCUT2D eigenvalue weighted by Gasteiger charge is 2.17. The van der Waals surface area contributed by atoms with Crippen molar-refractivity contribution in [2.24, 2.45) is 0 Å². The highest BCUT2D eigenvalue weighted by molar-refractivity contribution is 7.86. The molecule has 148 valence electrons. The lowest BCUT2D eigenvalue weighted by molar-refractivity contribution is 0.401. The monoisotopic (exact) mass is 392 g/mol. The van der Waals surface area contributed by atoms with Crippen molar-refractivity contribution in [2.75, 3.05) is 0 Å². The Bertz CT molecular complexity index is 830. The third-order valence-corrected chi connectivity index (χ3v) is 5.33. The third kappa shape index (κ3) is 6.88. The van der Waals surface area contributed by atoms with Gasteiger partial charge in [-0.2, -0.15) is 8.42 Å². The topological polar surface area (TPSA) is 83.8 Å². The number of phenolic OH excluding ortho intramolecular Hbond substituents is 1. The number of hydrogen-bond donors (Lipinski definition) is 2. The molecule has 2 aromatic carbocycles. The maximum absolute atomic E-state index is 11.5. The van der Waals surface area contributed by atoms with Crippen molar-refractivity contribution in [3.8, 4) is 17.2 Å². The van der Waals surface area contributed by atoms with Gasteiger partial charge in [-0.1, -0.05) is 63.6 Å². The van der Waals surface area contributed by atoms with E-state index < -0.39 is 10.1 Å². The normalized spacial score (nSPS) is 11.5. The number of para-hydroxylation sites is 1. The average Bonchev–Trinajstić information content (AvgIpc) is 2.63. The van der Waals surface area contributed by atoms with Gasteiger partial charge in [0, 0.05) is 0 Å². The molecule has 2 rings (SSSR count). The first-order valence-corrected chi connectivity index (χ1v) is 10.9. The smallest absolute Gasteiger partial charge is 0.298 e. The molecular formula is C21H28O5S. The van der Waals surface area contributed by atoms with Crippen LogP contribution in [-0.2, 0) is 16.5 Å². The van der Waals surface area contributed by atoms with E-state index in [0.717, 1.165) is 24.8 Å². The van der Waals surface area contributed by atoms with E-state index in [9.17, 15) is 18.1 Å². The first kappa shape index (κ1) is 21.3. The summed E-state index contributed by atoms with van der Waals surface area (Å²) in [6.07, 6.45) is 9.41. The first-order chi connectivity index (χ1) is 12.9. The Balaban J connectivity index is 2.00. The van der Waals surface area contributed by atoms with E-state index in [2.05, 4.69) is 6.92 Å². The molecule has 0 aliphatic rings. The molecule has 6 heteroatoms. The van der Waals surface area contributed by atoms with Gasteiger partial charge in [0.25, 0.3) is 10.1 Å². The molecule has 0 bridgehead atoms. The molecule has 0 unspecified atom stereocenters. The van der Waals surface area contributed by atoms with Crippen LogP contribution in [0.1, 0.15) is 57.4 Å². The second-order valence-corrected chi connectivity index (χ2v) is 8.09. The van der Waals surface area contributed by atoms with Crippen molar-refractivity contribution in [2.45, 2.75) is 63.2 Å². The summed E-state index contributed by atoms with van der Waals surface area (Å²) in [5, 5.41) is 10.0. The van der Waals surface area contributed by atoms with Crippen LogP contribution in [0.15, 0.2) is 47.4 Å². The van der Waals surface area contributed by atoms with Crippen LogP contribution < -0.4 is 4.74 Å². The zero-order valence-electron chi connectivity index (χ0n) is 15.7. The van der Waals surface area contributed by atoms with E-state index in [-0.39, 0.29) is 22.1 Å². The SMILES string of the molecule is CCCCCCCCCc1ccc(O)c(Oc2ccccc2S(=O)(=O)O)c1. The molecule has 0 aromatic heterocycles. The molecular weight excluding hydrogens is 364 g/mol. The lowest BCUT2D eigenvalue weighted by Crippen LogP contribution is -2.01. The van der Waals surface area contributed by atoms with Crippen LogP contribution in [0.4, 0.5) is 0 Å². The van der Waals surface area contributed by atoms with Crippen molar-refractivity contribution in [1.82, 2.24) is 0 Å². The number of phenols is 1. The second kappa shape index (κ2) is 10.3. The Kier molecular flexibility index (Phi) is 8.13. The van der Waals surface area contributed by atoms with Gasteiger partial charge in [0.05, 0.1) is 0 Å². The summed E-state index contributed by atoms with van der Waals surface area (Å²) in [5.41, 5.74) is 1.01. The lowest BCUT2D eigenvalue weighted by atomic mass is 10.0.